The number of carbonyl (C=O) groups is 1. The third-order valence-electron chi connectivity index (χ3n) is 8.35. The lowest BCUT2D eigenvalue weighted by atomic mass is 10.1. The number of hydrogen-bond acceptors (Lipinski definition) is 7. The predicted molar refractivity (Wildman–Crippen MR) is 177 cm³/mol. The molecule has 46 heavy (non-hydrogen) atoms. The molecule has 1 aliphatic heterocycles. The second kappa shape index (κ2) is 13.1. The van der Waals surface area contributed by atoms with Crippen LogP contribution in [-0.4, -0.2) is 67.2 Å². The molecule has 1 amide bonds. The number of pyridine rings is 3. The van der Waals surface area contributed by atoms with Gasteiger partial charge in [-0.15, -0.1) is 0 Å². The number of amides is 1. The summed E-state index contributed by atoms with van der Waals surface area (Å²) in [4.78, 5) is 31.7. The average Bonchev–Trinajstić information content (AvgIpc) is 3.83. The monoisotopic (exact) mass is 618 g/mol. The summed E-state index contributed by atoms with van der Waals surface area (Å²) >= 11 is 0. The Hall–Kier alpha value is -5.16. The number of anilines is 1. The molecule has 6 heterocycles. The molecule has 10 nitrogen and oxygen atoms in total. The van der Waals surface area contributed by atoms with E-state index < -0.39 is 0 Å². The number of aromatic nitrogens is 6. The van der Waals surface area contributed by atoms with E-state index in [0.29, 0.717) is 47.1 Å². The van der Waals surface area contributed by atoms with Gasteiger partial charge < -0.3 is 15.0 Å². The lowest BCUT2D eigenvalue weighted by molar-refractivity contribution is -0.116. The van der Waals surface area contributed by atoms with Crippen molar-refractivity contribution in [2.45, 2.75) is 39.0 Å². The molecule has 234 valence electrons. The second-order valence-corrected chi connectivity index (χ2v) is 11.7. The molecule has 0 aliphatic carbocycles. The van der Waals surface area contributed by atoms with Gasteiger partial charge in [0.1, 0.15) is 23.9 Å². The van der Waals surface area contributed by atoms with Crippen LogP contribution in [0.25, 0.3) is 55.7 Å². The summed E-state index contributed by atoms with van der Waals surface area (Å²) in [7, 11) is 0. The topological polar surface area (TPSA) is 125 Å². The smallest absolute Gasteiger partial charge is 0.224 e. The van der Waals surface area contributed by atoms with E-state index in [1.54, 1.807) is 24.8 Å². The molecule has 6 aromatic rings. The first kappa shape index (κ1) is 29.5. The van der Waals surface area contributed by atoms with E-state index in [1.165, 1.54) is 25.0 Å². The van der Waals surface area contributed by atoms with Crippen molar-refractivity contribution in [3.05, 3.63) is 73.1 Å². The van der Waals surface area contributed by atoms with E-state index in [4.69, 9.17) is 4.74 Å². The minimum Gasteiger partial charge on any atom is -0.492 e. The Labute approximate surface area is 265 Å². The summed E-state index contributed by atoms with van der Waals surface area (Å²) in [6, 6.07) is 12.5. The Balaban J connectivity index is 1.17. The van der Waals surface area contributed by atoms with Crippen LogP contribution in [0.2, 0.25) is 0 Å². The highest BCUT2D eigenvalue weighted by atomic mass is 19.1. The largest absolute Gasteiger partial charge is 0.492 e. The molecule has 0 bridgehead atoms. The van der Waals surface area contributed by atoms with Gasteiger partial charge in [0.15, 0.2) is 0 Å². The van der Waals surface area contributed by atoms with Crippen molar-refractivity contribution in [3.8, 4) is 39.7 Å². The van der Waals surface area contributed by atoms with Crippen molar-refractivity contribution < 1.29 is 13.9 Å². The maximum absolute atomic E-state index is 14.8. The molecule has 1 fully saturated rings. The number of fused-ring (bicyclic) bond motifs is 2. The van der Waals surface area contributed by atoms with Gasteiger partial charge in [-0.25, -0.2) is 4.39 Å². The lowest BCUT2D eigenvalue weighted by Crippen LogP contribution is -2.25. The van der Waals surface area contributed by atoms with Crippen LogP contribution in [0.5, 0.6) is 5.75 Å². The van der Waals surface area contributed by atoms with Crippen LogP contribution in [0.15, 0.2) is 67.3 Å². The summed E-state index contributed by atoms with van der Waals surface area (Å²) in [5, 5.41) is 12.3. The second-order valence-electron chi connectivity index (χ2n) is 11.7. The van der Waals surface area contributed by atoms with Gasteiger partial charge in [-0.05, 0) is 68.8 Å². The fourth-order valence-corrected chi connectivity index (χ4v) is 5.98. The third kappa shape index (κ3) is 6.32. The van der Waals surface area contributed by atoms with Gasteiger partial charge in [0.2, 0.25) is 5.91 Å². The first-order valence-corrected chi connectivity index (χ1v) is 15.8. The highest BCUT2D eigenvalue weighted by Gasteiger charge is 2.17. The highest BCUT2D eigenvalue weighted by Crippen LogP contribution is 2.35. The zero-order valence-corrected chi connectivity index (χ0v) is 25.6. The predicted octanol–water partition coefficient (Wildman–Crippen LogP) is 6.97. The third-order valence-corrected chi connectivity index (χ3v) is 8.35. The van der Waals surface area contributed by atoms with Gasteiger partial charge in [-0.2, -0.15) is 5.10 Å². The summed E-state index contributed by atoms with van der Waals surface area (Å²) < 4.78 is 20.8. The van der Waals surface area contributed by atoms with E-state index in [9.17, 15) is 9.18 Å². The zero-order chi connectivity index (χ0) is 31.5. The maximum atomic E-state index is 14.8. The summed E-state index contributed by atoms with van der Waals surface area (Å²) in [5.41, 5.74) is 6.49. The number of nitrogens with one attached hydrogen (secondary N) is 3. The fourth-order valence-electron chi connectivity index (χ4n) is 5.98. The molecule has 5 aromatic heterocycles. The zero-order valence-electron chi connectivity index (χ0n) is 25.6. The normalized spacial score (nSPS) is 13.5. The number of H-pyrrole nitrogens is 2. The lowest BCUT2D eigenvalue weighted by Gasteiger charge is -2.15. The van der Waals surface area contributed by atoms with Gasteiger partial charge in [-0.1, -0.05) is 13.3 Å². The molecular formula is C35H35FN8O2. The van der Waals surface area contributed by atoms with E-state index >= 15 is 0 Å². The number of nitrogens with zero attached hydrogens (tertiary/aromatic N) is 5. The van der Waals surface area contributed by atoms with Gasteiger partial charge >= 0.3 is 0 Å². The molecule has 1 aliphatic rings. The standard InChI is InChI=1S/C35H35FN8O2/c1-2-3-6-33(45)40-25-14-23(19-37-20-25)30-17-28-32(21-39-30)42-43-35(28)31-18-27-29(41-31)7-8-38-34(27)22-13-24(36)16-26(15-22)46-12-11-44-9-4-5-10-44/h7-8,13-21,41H,2-6,9-12H2,1H3,(H,40,45)(H,42,43). The number of carbonyl (C=O) groups excluding carboxylic acids is 1. The van der Waals surface area contributed by atoms with Crippen LogP contribution < -0.4 is 10.1 Å². The summed E-state index contributed by atoms with van der Waals surface area (Å²) in [5.74, 6) is 0.0790. The minimum absolute atomic E-state index is 0.0338. The van der Waals surface area contributed by atoms with Gasteiger partial charge in [0.05, 0.1) is 40.7 Å². The van der Waals surface area contributed by atoms with Crippen LogP contribution >= 0.6 is 0 Å². The minimum atomic E-state index is -0.374. The number of hydrogen-bond donors (Lipinski definition) is 3. The van der Waals surface area contributed by atoms with Crippen molar-refractivity contribution in [2.24, 2.45) is 0 Å². The molecule has 0 unspecified atom stereocenters. The van der Waals surface area contributed by atoms with E-state index in [1.807, 2.05) is 30.3 Å². The molecular weight excluding hydrogens is 583 g/mol. The Morgan fingerprint density at radius 1 is 0.978 bits per heavy atom. The quantitative estimate of drug-likeness (QED) is 0.143. The SMILES string of the molecule is CCCCC(=O)Nc1cncc(-c2cc3c(-c4cc5c(-c6cc(F)cc(OCCN7CCCC7)c6)nccc5[nH]4)n[nH]c3cn2)c1. The number of ether oxygens (including phenoxy) is 1. The van der Waals surface area contributed by atoms with Crippen molar-refractivity contribution in [1.29, 1.82) is 0 Å². The number of unbranched alkanes of at least 4 members (excludes halogenated alkanes) is 1. The van der Waals surface area contributed by atoms with E-state index in [-0.39, 0.29) is 11.7 Å². The first-order valence-electron chi connectivity index (χ1n) is 15.8. The highest BCUT2D eigenvalue weighted by molar-refractivity contribution is 6.00. The maximum Gasteiger partial charge on any atom is 0.224 e. The number of likely N-dealkylation sites (tertiary alicyclic amines) is 1. The molecule has 0 radical (unpaired) electrons. The number of rotatable bonds is 11. The summed E-state index contributed by atoms with van der Waals surface area (Å²) in [6.45, 7) is 5.57. The number of halogens is 1. The Morgan fingerprint density at radius 2 is 1.85 bits per heavy atom. The van der Waals surface area contributed by atoms with Gasteiger partial charge in [0.25, 0.3) is 0 Å². The molecule has 3 N–H and O–H groups in total. The first-order chi connectivity index (χ1) is 22.5. The Bertz CT molecular complexity index is 2010. The number of benzene rings is 1. The molecule has 1 saturated heterocycles. The molecule has 0 atom stereocenters. The molecule has 7 rings (SSSR count). The van der Waals surface area contributed by atoms with Crippen molar-refractivity contribution in [2.75, 3.05) is 31.6 Å². The fraction of sp³-hybridized carbons (Fsp3) is 0.286. The van der Waals surface area contributed by atoms with Crippen LogP contribution in [0.3, 0.4) is 0 Å². The van der Waals surface area contributed by atoms with Gasteiger partial charge in [-0.3, -0.25) is 29.7 Å². The molecule has 0 saturated carbocycles. The molecule has 0 spiro atoms. The Morgan fingerprint density at radius 3 is 2.72 bits per heavy atom. The average molecular weight is 619 g/mol. The van der Waals surface area contributed by atoms with E-state index in [0.717, 1.165) is 65.5 Å². The van der Waals surface area contributed by atoms with E-state index in [2.05, 4.69) is 47.3 Å². The van der Waals surface area contributed by atoms with Crippen LogP contribution in [0.1, 0.15) is 39.0 Å². The van der Waals surface area contributed by atoms with Crippen molar-refractivity contribution in [3.63, 3.8) is 0 Å². The number of aromatic amines is 2. The van der Waals surface area contributed by atoms with Crippen LogP contribution in [0, 0.1) is 5.82 Å². The Kier molecular flexibility index (Phi) is 8.39. The van der Waals surface area contributed by atoms with Crippen molar-refractivity contribution >= 4 is 33.4 Å². The van der Waals surface area contributed by atoms with Gasteiger partial charge in [0, 0.05) is 58.8 Å². The van der Waals surface area contributed by atoms with Crippen molar-refractivity contribution in [1.82, 2.24) is 35.0 Å². The van der Waals surface area contributed by atoms with Crippen LogP contribution in [-0.2, 0) is 4.79 Å². The molecule has 1 aromatic carbocycles. The summed E-state index contributed by atoms with van der Waals surface area (Å²) in [6.07, 6.45) is 11.5. The van der Waals surface area contributed by atoms with Crippen LogP contribution in [0.4, 0.5) is 10.1 Å². The molecule has 11 heteroatoms.